The van der Waals surface area contributed by atoms with E-state index in [-0.39, 0.29) is 0 Å². The third kappa shape index (κ3) is 16.8. The molecule has 0 aromatic carbocycles. The van der Waals surface area contributed by atoms with Crippen molar-refractivity contribution in [3.8, 4) is 0 Å². The standard InChI is InChI=1S/C31H57N3O35S5/c1-7-13(32)18(37)24(11(59-7)5-57-71(44,45)46)66-31-27(69-74(53,54)55)21(40)23(9(3)61-31)65-29-15(34)26(68-73(50,51)52)25(12(63-29)6-58-72(47,48)49)67-30-20(39)19(38)22(8(2)60-30)64-28-14(33)17(36)16(35)10(62-28)4-56-70(41,42)43/h7-31,35-40H,4-6,32-34H2,1-3H3,(H,41,42,43)(H,44,45,46)(H,47,48,49)(H,50,51,52)(H,53,54,55)/t7-,8?,9?,10?,11?,12?,13?,14?,15?,16+,17+,18+,19+,20?,21+,22+,23-,24+,25+,26+,27?,28-,29-,30-,31-/m0/s1. The van der Waals surface area contributed by atoms with E-state index in [1.165, 1.54) is 6.92 Å². The largest absolute Gasteiger partial charge is 0.397 e. The molecule has 38 nitrogen and oxygen atoms in total. The van der Waals surface area contributed by atoms with Crippen LogP contribution in [-0.4, -0.2) is 268 Å². The van der Waals surface area contributed by atoms with Crippen molar-refractivity contribution in [2.45, 2.75) is 174 Å². The van der Waals surface area contributed by atoms with Crippen molar-refractivity contribution in [2.75, 3.05) is 19.8 Å². The Balaban J connectivity index is 1.40. The summed E-state index contributed by atoms with van der Waals surface area (Å²) in [5.74, 6) is 0. The molecule has 0 aliphatic carbocycles. The summed E-state index contributed by atoms with van der Waals surface area (Å²) in [6.45, 7) is -0.0372. The summed E-state index contributed by atoms with van der Waals surface area (Å²) in [6.07, 6.45) is -44.1. The molecule has 0 aromatic heterocycles. The van der Waals surface area contributed by atoms with Crippen molar-refractivity contribution >= 4 is 52.0 Å². The van der Waals surface area contributed by atoms with Gasteiger partial charge >= 0.3 is 52.0 Å². The van der Waals surface area contributed by atoms with E-state index in [0.29, 0.717) is 0 Å². The number of aliphatic hydroxyl groups is 6. The lowest BCUT2D eigenvalue weighted by molar-refractivity contribution is -0.372. The fraction of sp³-hybridized carbons (Fsp3) is 1.00. The number of nitrogens with two attached hydrogens (primary N) is 3. The molecule has 43 heteroatoms. The Kier molecular flexibility index (Phi) is 21.1. The lowest BCUT2D eigenvalue weighted by atomic mass is 9.93. The third-order valence-corrected chi connectivity index (χ3v) is 14.0. The third-order valence-electron chi connectivity index (χ3n) is 11.8. The molecule has 436 valence electrons. The molecular weight excluding hydrogens is 1130 g/mol. The van der Waals surface area contributed by atoms with Crippen LogP contribution in [0.4, 0.5) is 0 Å². The van der Waals surface area contributed by atoms with Crippen molar-refractivity contribution in [3.63, 3.8) is 0 Å². The predicted octanol–water partition coefficient (Wildman–Crippen LogP) is -9.76. The molecule has 5 saturated heterocycles. The molecule has 0 spiro atoms. The summed E-state index contributed by atoms with van der Waals surface area (Å²) >= 11 is 0. The molecule has 5 rings (SSSR count). The second-order valence-corrected chi connectivity index (χ2v) is 22.4. The molecule has 74 heavy (non-hydrogen) atoms. The van der Waals surface area contributed by atoms with Crippen LogP contribution in [0.5, 0.6) is 0 Å². The van der Waals surface area contributed by atoms with Crippen LogP contribution >= 0.6 is 0 Å². The van der Waals surface area contributed by atoms with Gasteiger partial charge in [0.15, 0.2) is 31.3 Å². The summed E-state index contributed by atoms with van der Waals surface area (Å²) in [5.41, 5.74) is 18.2. The van der Waals surface area contributed by atoms with Gasteiger partial charge in [-0.15, -0.1) is 0 Å². The average molecular weight is 1190 g/mol. The zero-order valence-corrected chi connectivity index (χ0v) is 42.1. The van der Waals surface area contributed by atoms with Crippen molar-refractivity contribution < 1.29 is 159 Å². The molecule has 0 saturated carbocycles. The molecule has 5 heterocycles. The van der Waals surface area contributed by atoms with Crippen molar-refractivity contribution in [1.29, 1.82) is 0 Å². The minimum absolute atomic E-state index is 1.05. The number of hydrogen-bond acceptors (Lipinski definition) is 33. The molecule has 5 aliphatic heterocycles. The molecule has 0 aromatic rings. The highest BCUT2D eigenvalue weighted by molar-refractivity contribution is 7.81. The van der Waals surface area contributed by atoms with E-state index in [0.717, 1.165) is 13.8 Å². The topological polar surface area (TPSA) is 601 Å². The summed E-state index contributed by atoms with van der Waals surface area (Å²) < 4.78 is 238. The van der Waals surface area contributed by atoms with Gasteiger partial charge in [-0.05, 0) is 20.8 Å². The Labute approximate surface area is 420 Å². The highest BCUT2D eigenvalue weighted by atomic mass is 32.3. The van der Waals surface area contributed by atoms with Gasteiger partial charge in [0, 0.05) is 0 Å². The monoisotopic (exact) mass is 1190 g/mol. The molecule has 10 unspecified atom stereocenters. The highest BCUT2D eigenvalue weighted by Gasteiger charge is 2.57. The molecule has 17 N–H and O–H groups in total. The second-order valence-electron chi connectivity index (χ2n) is 17.1. The Morgan fingerprint density at radius 2 is 0.757 bits per heavy atom. The molecule has 0 bridgehead atoms. The van der Waals surface area contributed by atoms with Gasteiger partial charge in [-0.3, -0.25) is 22.8 Å². The summed E-state index contributed by atoms with van der Waals surface area (Å²) in [5, 5.41) is 65.9. The highest BCUT2D eigenvalue weighted by Crippen LogP contribution is 2.37. The Morgan fingerprint density at radius 3 is 1.26 bits per heavy atom. The van der Waals surface area contributed by atoms with E-state index in [1.807, 2.05) is 0 Å². The molecule has 0 radical (unpaired) electrons. The lowest BCUT2D eigenvalue weighted by Gasteiger charge is -2.50. The van der Waals surface area contributed by atoms with Crippen LogP contribution in [-0.2, 0) is 116 Å². The van der Waals surface area contributed by atoms with E-state index in [9.17, 15) is 86.4 Å². The Bertz CT molecular complexity index is 2450. The van der Waals surface area contributed by atoms with Crippen LogP contribution in [0.3, 0.4) is 0 Å². The summed E-state index contributed by atoms with van der Waals surface area (Å²) in [4.78, 5) is 0. The van der Waals surface area contributed by atoms with Gasteiger partial charge in [-0.25, -0.2) is 20.9 Å². The zero-order chi connectivity index (χ0) is 56.0. The molecular formula is C31H57N3O35S5. The maximum Gasteiger partial charge on any atom is 0.397 e. The van der Waals surface area contributed by atoms with Gasteiger partial charge in [0.1, 0.15) is 85.5 Å². The van der Waals surface area contributed by atoms with E-state index < -0.39 is 225 Å². The SMILES string of the molecule is CC1O[C@@H](O[C@@H]2C(COS(=O)(=O)O)O[C@@H](O[C@H]3C(C)O[C@@H](O[C@@H]4C(COS(=O)(=O)O)O[C@@H](C)C(N)[C@H]4O)C(OS(=O)(=O)O)[C@@H]3O)C(N)[C@H]2OS(=O)(=O)O)C(O)[C@@H](O)[C@@H]1O[C@@H]1OC(COS(=O)(=O)O)[C@@H](O)[C@H](O)C1N. The first-order valence-electron chi connectivity index (χ1n) is 21.2. The predicted molar refractivity (Wildman–Crippen MR) is 225 cm³/mol. The Hall–Kier alpha value is -1.37. The number of hydrogen-bond donors (Lipinski definition) is 14. The lowest BCUT2D eigenvalue weighted by Crippen LogP contribution is -2.69. The second kappa shape index (κ2) is 24.6. The average Bonchev–Trinajstić information content (AvgIpc) is 3.25. The van der Waals surface area contributed by atoms with Crippen LogP contribution in [0.15, 0.2) is 0 Å². The summed E-state index contributed by atoms with van der Waals surface area (Å²) in [6, 6.07) is -5.18. The smallest absolute Gasteiger partial charge is 0.389 e. The molecule has 25 atom stereocenters. The van der Waals surface area contributed by atoms with Gasteiger partial charge in [-0.2, -0.15) is 42.1 Å². The minimum Gasteiger partial charge on any atom is -0.389 e. The fourth-order valence-electron chi connectivity index (χ4n) is 8.20. The van der Waals surface area contributed by atoms with Crippen molar-refractivity contribution in [2.24, 2.45) is 17.2 Å². The van der Waals surface area contributed by atoms with Crippen LogP contribution in [0.1, 0.15) is 20.8 Å². The molecule has 5 fully saturated rings. The van der Waals surface area contributed by atoms with E-state index in [2.05, 4.69) is 16.7 Å². The first kappa shape index (κ1) is 63.5. The van der Waals surface area contributed by atoms with Gasteiger partial charge in [0.25, 0.3) is 0 Å². The van der Waals surface area contributed by atoms with E-state index in [1.54, 1.807) is 0 Å². The van der Waals surface area contributed by atoms with Gasteiger partial charge < -0.3 is 90.5 Å². The van der Waals surface area contributed by atoms with Gasteiger partial charge in [0.2, 0.25) is 0 Å². The van der Waals surface area contributed by atoms with Crippen molar-refractivity contribution in [3.05, 3.63) is 0 Å². The van der Waals surface area contributed by atoms with Crippen LogP contribution in [0.2, 0.25) is 0 Å². The first-order chi connectivity index (χ1) is 33.8. The number of ether oxygens (including phenoxy) is 9. The molecule has 0 amide bonds. The normalized spacial score (nSPS) is 44.3. The number of rotatable bonds is 21. The number of aliphatic hydroxyl groups excluding tert-OH is 6. The van der Waals surface area contributed by atoms with Gasteiger partial charge in [0.05, 0.1) is 56.3 Å². The molecule has 5 aliphatic rings. The fourth-order valence-corrected chi connectivity index (χ4v) is 10.1. The quantitative estimate of drug-likeness (QED) is 0.0475. The summed E-state index contributed by atoms with van der Waals surface area (Å²) in [7, 11) is -27.1. The maximum absolute atomic E-state index is 12.3. The van der Waals surface area contributed by atoms with Crippen LogP contribution < -0.4 is 17.2 Å². The van der Waals surface area contributed by atoms with Gasteiger partial charge in [-0.1, -0.05) is 0 Å². The van der Waals surface area contributed by atoms with Crippen molar-refractivity contribution in [1.82, 2.24) is 0 Å². The van der Waals surface area contributed by atoms with E-state index >= 15 is 0 Å². The van der Waals surface area contributed by atoms with Crippen LogP contribution in [0, 0.1) is 0 Å². The maximum atomic E-state index is 12.3. The zero-order valence-electron chi connectivity index (χ0n) is 38.0. The minimum atomic E-state index is -5.72. The first-order valence-corrected chi connectivity index (χ1v) is 28.0. The van der Waals surface area contributed by atoms with E-state index in [4.69, 9.17) is 73.1 Å². The van der Waals surface area contributed by atoms with Crippen LogP contribution in [0.25, 0.3) is 0 Å². The Morgan fingerprint density at radius 1 is 0.351 bits per heavy atom.